The standard InChI is InChI=1S/C35H40N4/c1-3-5-7-9-11-13-19-35(20-14-12-10-8-6-4-2)33-21-27(29(23-36)24-37)15-17-31(33)32-18-16-28(22-34(32)35)30(25-38)26-39/h15-18,21-22H,3-14,19-20H2,1-2H3. The minimum atomic E-state index is -0.266. The lowest BCUT2D eigenvalue weighted by molar-refractivity contribution is 0.394. The Balaban J connectivity index is 2.19. The van der Waals surface area contributed by atoms with E-state index in [0.717, 1.165) is 36.1 Å². The molecular weight excluding hydrogens is 476 g/mol. The number of nitrogens with zero attached hydrogens (tertiary/aromatic N) is 4. The number of hydrogen-bond donors (Lipinski definition) is 0. The molecule has 1 aliphatic rings. The summed E-state index contributed by atoms with van der Waals surface area (Å²) < 4.78 is 0. The van der Waals surface area contributed by atoms with Crippen LogP contribution in [0.4, 0.5) is 0 Å². The third kappa shape index (κ3) is 6.78. The molecule has 0 radical (unpaired) electrons. The summed E-state index contributed by atoms with van der Waals surface area (Å²) in [5.41, 5.74) is 2.37. The lowest BCUT2D eigenvalue weighted by Gasteiger charge is -2.33. The van der Waals surface area contributed by atoms with Crippen molar-refractivity contribution in [2.45, 2.75) is 109 Å². The first-order valence-electron chi connectivity index (χ1n) is 14.7. The minimum absolute atomic E-state index is 0.132. The zero-order valence-corrected chi connectivity index (χ0v) is 23.7. The number of hydrogen-bond acceptors (Lipinski definition) is 4. The Labute approximate surface area is 233 Å². The Bertz CT molecular complexity index is 1390. The maximum absolute atomic E-state index is 9.60. The van der Waals surface area contributed by atoms with Gasteiger partial charge in [0.05, 0.1) is 0 Å². The molecule has 0 amide bonds. The summed E-state index contributed by atoms with van der Waals surface area (Å²) in [6.07, 6.45) is 16.4. The van der Waals surface area contributed by atoms with Gasteiger partial charge in [-0.05, 0) is 46.5 Å². The number of fused-ring (bicyclic) bond motifs is 2. The molecule has 0 saturated heterocycles. The SMILES string of the molecule is CCCCCCCCC1(CCCCCCCC)c2cc(=C(C#N)C#N)ccc2=c2ccc(=C(C#N)C#N)cc21. The van der Waals surface area contributed by atoms with E-state index in [2.05, 4.69) is 62.4 Å². The molecule has 4 heteroatoms. The molecule has 3 rings (SSSR count). The van der Waals surface area contributed by atoms with Crippen LogP contribution in [0.5, 0.6) is 0 Å². The van der Waals surface area contributed by atoms with E-state index < -0.39 is 0 Å². The molecule has 0 spiro atoms. The van der Waals surface area contributed by atoms with Gasteiger partial charge in [-0.15, -0.1) is 0 Å². The first-order chi connectivity index (χ1) is 19.1. The maximum Gasteiger partial charge on any atom is 0.136 e. The van der Waals surface area contributed by atoms with Crippen LogP contribution in [0.15, 0.2) is 36.4 Å². The largest absolute Gasteiger partial charge is 0.192 e. The van der Waals surface area contributed by atoms with Gasteiger partial charge in [0.2, 0.25) is 0 Å². The van der Waals surface area contributed by atoms with Crippen LogP contribution in [-0.2, 0) is 5.41 Å². The molecule has 39 heavy (non-hydrogen) atoms. The molecule has 1 aliphatic carbocycles. The topological polar surface area (TPSA) is 95.2 Å². The average Bonchev–Trinajstić information content (AvgIpc) is 3.22. The second-order valence-corrected chi connectivity index (χ2v) is 10.8. The van der Waals surface area contributed by atoms with Crippen LogP contribution in [0.1, 0.15) is 115 Å². The van der Waals surface area contributed by atoms with E-state index in [9.17, 15) is 21.0 Å². The fourth-order valence-corrected chi connectivity index (χ4v) is 6.19. The quantitative estimate of drug-likeness (QED) is 0.243. The van der Waals surface area contributed by atoms with Gasteiger partial charge < -0.3 is 0 Å². The lowest BCUT2D eigenvalue weighted by atomic mass is 9.69. The van der Waals surface area contributed by atoms with Gasteiger partial charge in [-0.25, -0.2) is 0 Å². The molecular formula is C35H40N4. The number of rotatable bonds is 14. The van der Waals surface area contributed by atoms with Crippen LogP contribution in [0.3, 0.4) is 0 Å². The van der Waals surface area contributed by atoms with Crippen LogP contribution >= 0.6 is 0 Å². The molecule has 2 aromatic carbocycles. The predicted octanol–water partition coefficient (Wildman–Crippen LogP) is 7.47. The molecule has 0 fully saturated rings. The molecule has 0 aliphatic heterocycles. The highest BCUT2D eigenvalue weighted by atomic mass is 14.4. The third-order valence-corrected chi connectivity index (χ3v) is 8.30. The van der Waals surface area contributed by atoms with Crippen molar-refractivity contribution in [3.8, 4) is 24.3 Å². The van der Waals surface area contributed by atoms with E-state index in [0.29, 0.717) is 10.4 Å². The molecule has 0 aromatic heterocycles. The number of unbranched alkanes of at least 4 members (excludes halogenated alkanes) is 10. The Morgan fingerprint density at radius 3 is 1.26 bits per heavy atom. The predicted molar refractivity (Wildman–Crippen MR) is 156 cm³/mol. The van der Waals surface area contributed by atoms with Crippen LogP contribution in [0, 0.1) is 55.8 Å². The van der Waals surface area contributed by atoms with Gasteiger partial charge in [0.15, 0.2) is 0 Å². The highest BCUT2D eigenvalue weighted by molar-refractivity contribution is 5.73. The molecule has 0 heterocycles. The first kappa shape index (κ1) is 29.7. The van der Waals surface area contributed by atoms with E-state index in [-0.39, 0.29) is 16.6 Å². The van der Waals surface area contributed by atoms with Crippen molar-refractivity contribution in [1.82, 2.24) is 0 Å². The molecule has 2 aromatic rings. The summed E-state index contributed by atoms with van der Waals surface area (Å²) in [4.78, 5) is 0. The highest BCUT2D eigenvalue weighted by Gasteiger charge is 2.38. The normalized spacial score (nSPS) is 12.4. The number of benzene rings is 2. The first-order valence-corrected chi connectivity index (χ1v) is 14.7. The van der Waals surface area contributed by atoms with Gasteiger partial charge in [-0.3, -0.25) is 0 Å². The van der Waals surface area contributed by atoms with Crippen molar-refractivity contribution in [2.24, 2.45) is 0 Å². The Hall–Kier alpha value is -3.86. The summed E-state index contributed by atoms with van der Waals surface area (Å²) in [6.45, 7) is 4.47. The van der Waals surface area contributed by atoms with Crippen molar-refractivity contribution < 1.29 is 0 Å². The molecule has 4 nitrogen and oxygen atoms in total. The van der Waals surface area contributed by atoms with Gasteiger partial charge >= 0.3 is 0 Å². The second kappa shape index (κ2) is 14.9. The summed E-state index contributed by atoms with van der Waals surface area (Å²) in [7, 11) is 0. The van der Waals surface area contributed by atoms with Crippen molar-refractivity contribution in [3.63, 3.8) is 0 Å². The van der Waals surface area contributed by atoms with E-state index >= 15 is 0 Å². The fourth-order valence-electron chi connectivity index (χ4n) is 6.19. The van der Waals surface area contributed by atoms with E-state index in [4.69, 9.17) is 0 Å². The highest BCUT2D eigenvalue weighted by Crippen LogP contribution is 2.46. The summed E-state index contributed by atoms with van der Waals surface area (Å²) in [5.74, 6) is 0. The second-order valence-electron chi connectivity index (χ2n) is 10.8. The third-order valence-electron chi connectivity index (χ3n) is 8.30. The van der Waals surface area contributed by atoms with Crippen LogP contribution in [0.2, 0.25) is 0 Å². The Morgan fingerprint density at radius 1 is 0.538 bits per heavy atom. The van der Waals surface area contributed by atoms with Crippen molar-refractivity contribution in [2.75, 3.05) is 0 Å². The van der Waals surface area contributed by atoms with Crippen molar-refractivity contribution in [1.29, 1.82) is 21.0 Å². The maximum atomic E-state index is 9.60. The summed E-state index contributed by atoms with van der Waals surface area (Å²) in [5, 5.41) is 42.0. The zero-order chi connectivity index (χ0) is 28.1. The average molecular weight is 517 g/mol. The van der Waals surface area contributed by atoms with Gasteiger partial charge in [0.25, 0.3) is 0 Å². The number of nitriles is 4. The van der Waals surface area contributed by atoms with Crippen LogP contribution in [0.25, 0.3) is 11.1 Å². The Kier molecular flexibility index (Phi) is 11.4. The van der Waals surface area contributed by atoms with Gasteiger partial charge in [-0.1, -0.05) is 115 Å². The monoisotopic (exact) mass is 516 g/mol. The van der Waals surface area contributed by atoms with Gasteiger partial charge in [0.1, 0.15) is 35.4 Å². The lowest BCUT2D eigenvalue weighted by Crippen LogP contribution is -2.29. The van der Waals surface area contributed by atoms with E-state index in [1.54, 1.807) is 0 Å². The minimum Gasteiger partial charge on any atom is -0.192 e. The van der Waals surface area contributed by atoms with Crippen LogP contribution in [-0.4, -0.2) is 0 Å². The fraction of sp³-hybridized carbons (Fsp3) is 0.486. The molecule has 0 bridgehead atoms. The molecule has 0 N–H and O–H groups in total. The molecule has 0 unspecified atom stereocenters. The smallest absolute Gasteiger partial charge is 0.136 e. The molecule has 0 atom stereocenters. The van der Waals surface area contributed by atoms with Crippen molar-refractivity contribution in [3.05, 3.63) is 68.4 Å². The van der Waals surface area contributed by atoms with E-state index in [1.807, 2.05) is 12.1 Å². The zero-order valence-electron chi connectivity index (χ0n) is 23.7. The van der Waals surface area contributed by atoms with Crippen molar-refractivity contribution >= 4 is 11.1 Å². The van der Waals surface area contributed by atoms with Gasteiger partial charge in [0, 0.05) is 15.9 Å². The van der Waals surface area contributed by atoms with Gasteiger partial charge in [-0.2, -0.15) is 21.0 Å². The van der Waals surface area contributed by atoms with Crippen LogP contribution < -0.4 is 10.4 Å². The molecule has 200 valence electrons. The van der Waals surface area contributed by atoms with E-state index in [1.165, 1.54) is 75.3 Å². The molecule has 0 saturated carbocycles. The summed E-state index contributed by atoms with van der Waals surface area (Å²) in [6, 6.07) is 20.3. The Morgan fingerprint density at radius 2 is 0.897 bits per heavy atom. The summed E-state index contributed by atoms with van der Waals surface area (Å²) >= 11 is 0.